The van der Waals surface area contributed by atoms with E-state index in [0.717, 1.165) is 18.5 Å². The number of carbonyl (C=O) groups is 1. The number of thiophene rings is 1. The lowest BCUT2D eigenvalue weighted by Crippen LogP contribution is -2.40. The van der Waals surface area contributed by atoms with Crippen molar-refractivity contribution in [2.75, 3.05) is 5.32 Å². The summed E-state index contributed by atoms with van der Waals surface area (Å²) in [4.78, 5) is 13.5. The van der Waals surface area contributed by atoms with Crippen LogP contribution in [0.25, 0.3) is 0 Å². The highest BCUT2D eigenvalue weighted by molar-refractivity contribution is 7.10. The Morgan fingerprint density at radius 2 is 1.95 bits per heavy atom. The average molecular weight is 302 g/mol. The molecule has 1 aromatic carbocycles. The van der Waals surface area contributed by atoms with Gasteiger partial charge in [-0.3, -0.25) is 10.1 Å². The number of carbonyl (C=O) groups excluding carboxylic acids is 1. The van der Waals surface area contributed by atoms with Crippen LogP contribution in [0.3, 0.4) is 0 Å². The molecule has 0 saturated heterocycles. The van der Waals surface area contributed by atoms with Gasteiger partial charge in [0.2, 0.25) is 5.91 Å². The van der Waals surface area contributed by atoms with Crippen LogP contribution in [0, 0.1) is 0 Å². The van der Waals surface area contributed by atoms with E-state index >= 15 is 0 Å². The van der Waals surface area contributed by atoms with Gasteiger partial charge in [0.15, 0.2) is 0 Å². The second-order valence-electron chi connectivity index (χ2n) is 5.10. The highest BCUT2D eigenvalue weighted by Gasteiger charge is 2.19. The van der Waals surface area contributed by atoms with Crippen molar-refractivity contribution in [1.29, 1.82) is 0 Å². The molecule has 0 saturated carbocycles. The normalized spacial score (nSPS) is 13.6. The van der Waals surface area contributed by atoms with E-state index in [1.807, 2.05) is 37.3 Å². The zero-order valence-corrected chi connectivity index (χ0v) is 13.3. The highest BCUT2D eigenvalue weighted by atomic mass is 32.1. The van der Waals surface area contributed by atoms with Crippen LogP contribution in [0.2, 0.25) is 0 Å². The molecule has 4 heteroatoms. The molecule has 0 radical (unpaired) electrons. The summed E-state index contributed by atoms with van der Waals surface area (Å²) in [7, 11) is 0. The van der Waals surface area contributed by atoms with E-state index in [2.05, 4.69) is 35.1 Å². The molecule has 3 nitrogen and oxygen atoms in total. The standard InChI is InChI=1S/C17H22N2OS/c1-3-8-15(16-11-7-12-21-16)18-13(2)17(20)19-14-9-5-4-6-10-14/h4-7,9-13,15,18H,3,8H2,1-2H3,(H,19,20). The fourth-order valence-electron chi connectivity index (χ4n) is 2.24. The maximum absolute atomic E-state index is 12.3. The minimum absolute atomic E-state index is 0.00106. The first kappa shape index (κ1) is 15.7. The van der Waals surface area contributed by atoms with Crippen molar-refractivity contribution < 1.29 is 4.79 Å². The predicted molar refractivity (Wildman–Crippen MR) is 89.6 cm³/mol. The summed E-state index contributed by atoms with van der Waals surface area (Å²) in [6.45, 7) is 4.07. The summed E-state index contributed by atoms with van der Waals surface area (Å²) < 4.78 is 0. The number of hydrogen-bond donors (Lipinski definition) is 2. The summed E-state index contributed by atoms with van der Waals surface area (Å²) in [6.07, 6.45) is 2.12. The summed E-state index contributed by atoms with van der Waals surface area (Å²) in [5.41, 5.74) is 0.833. The molecule has 0 bridgehead atoms. The van der Waals surface area contributed by atoms with Crippen molar-refractivity contribution in [1.82, 2.24) is 5.32 Å². The van der Waals surface area contributed by atoms with E-state index in [0.29, 0.717) is 0 Å². The maximum Gasteiger partial charge on any atom is 0.241 e. The van der Waals surface area contributed by atoms with Gasteiger partial charge >= 0.3 is 0 Å². The molecule has 1 aromatic heterocycles. The van der Waals surface area contributed by atoms with Crippen LogP contribution < -0.4 is 10.6 Å². The van der Waals surface area contributed by atoms with Gasteiger partial charge < -0.3 is 5.32 Å². The summed E-state index contributed by atoms with van der Waals surface area (Å²) in [5.74, 6) is -0.00106. The number of benzene rings is 1. The van der Waals surface area contributed by atoms with Crippen molar-refractivity contribution in [2.24, 2.45) is 0 Å². The molecule has 0 aliphatic carbocycles. The van der Waals surface area contributed by atoms with Crippen LogP contribution in [-0.2, 0) is 4.79 Å². The van der Waals surface area contributed by atoms with Gasteiger partial charge in [-0.15, -0.1) is 11.3 Å². The first-order valence-electron chi connectivity index (χ1n) is 7.36. The van der Waals surface area contributed by atoms with Gasteiger partial charge in [0.25, 0.3) is 0 Å². The smallest absolute Gasteiger partial charge is 0.241 e. The van der Waals surface area contributed by atoms with Gasteiger partial charge in [0.1, 0.15) is 0 Å². The fourth-order valence-corrected chi connectivity index (χ4v) is 3.06. The van der Waals surface area contributed by atoms with E-state index in [1.165, 1.54) is 4.88 Å². The minimum atomic E-state index is -0.233. The molecule has 2 atom stereocenters. The van der Waals surface area contributed by atoms with Gasteiger partial charge in [-0.1, -0.05) is 37.6 Å². The van der Waals surface area contributed by atoms with Gasteiger partial charge in [0, 0.05) is 16.6 Å². The molecular weight excluding hydrogens is 280 g/mol. The minimum Gasteiger partial charge on any atom is -0.325 e. The molecule has 2 aromatic rings. The first-order chi connectivity index (χ1) is 10.2. The zero-order valence-electron chi connectivity index (χ0n) is 12.5. The second-order valence-corrected chi connectivity index (χ2v) is 6.08. The Hall–Kier alpha value is -1.65. The molecule has 1 heterocycles. The van der Waals surface area contributed by atoms with E-state index in [9.17, 15) is 4.79 Å². The van der Waals surface area contributed by atoms with E-state index in [4.69, 9.17) is 0 Å². The van der Waals surface area contributed by atoms with Crippen molar-refractivity contribution in [3.05, 3.63) is 52.7 Å². The van der Waals surface area contributed by atoms with E-state index < -0.39 is 0 Å². The number of para-hydroxylation sites is 1. The van der Waals surface area contributed by atoms with Crippen molar-refractivity contribution in [3.8, 4) is 0 Å². The van der Waals surface area contributed by atoms with Crippen LogP contribution in [-0.4, -0.2) is 11.9 Å². The molecule has 1 amide bonds. The SMILES string of the molecule is CCCC(NC(C)C(=O)Nc1ccccc1)c1cccs1. The molecule has 21 heavy (non-hydrogen) atoms. The van der Waals surface area contributed by atoms with Crippen molar-refractivity contribution in [3.63, 3.8) is 0 Å². The molecule has 0 spiro atoms. The summed E-state index contributed by atoms with van der Waals surface area (Å²) in [5, 5.41) is 8.45. The Morgan fingerprint density at radius 1 is 1.19 bits per heavy atom. The molecule has 0 fully saturated rings. The van der Waals surface area contributed by atoms with Gasteiger partial charge in [-0.25, -0.2) is 0 Å². The topological polar surface area (TPSA) is 41.1 Å². The van der Waals surface area contributed by atoms with Crippen molar-refractivity contribution in [2.45, 2.75) is 38.8 Å². The fraction of sp³-hybridized carbons (Fsp3) is 0.353. The summed E-state index contributed by atoms with van der Waals surface area (Å²) >= 11 is 1.73. The highest BCUT2D eigenvalue weighted by Crippen LogP contribution is 2.23. The summed E-state index contributed by atoms with van der Waals surface area (Å²) in [6, 6.07) is 13.7. The Bertz CT molecular complexity index is 539. The number of nitrogens with one attached hydrogen (secondary N) is 2. The molecule has 2 rings (SSSR count). The quantitative estimate of drug-likeness (QED) is 0.804. The van der Waals surface area contributed by atoms with Crippen molar-refractivity contribution >= 4 is 22.9 Å². The van der Waals surface area contributed by atoms with Crippen LogP contribution in [0.15, 0.2) is 47.8 Å². The first-order valence-corrected chi connectivity index (χ1v) is 8.24. The van der Waals surface area contributed by atoms with E-state index in [-0.39, 0.29) is 18.0 Å². The maximum atomic E-state index is 12.3. The van der Waals surface area contributed by atoms with Crippen LogP contribution in [0.1, 0.15) is 37.6 Å². The third-order valence-corrected chi connectivity index (χ3v) is 4.34. The Kier molecular flexibility index (Phi) is 5.96. The molecular formula is C17H22N2OS. The number of anilines is 1. The van der Waals surface area contributed by atoms with Gasteiger partial charge in [0.05, 0.1) is 6.04 Å². The average Bonchev–Trinajstić information content (AvgIpc) is 3.02. The van der Waals surface area contributed by atoms with Gasteiger partial charge in [-0.05, 0) is 36.9 Å². The molecule has 2 N–H and O–H groups in total. The number of rotatable bonds is 7. The largest absolute Gasteiger partial charge is 0.325 e. The van der Waals surface area contributed by atoms with Crippen LogP contribution in [0.5, 0.6) is 0 Å². The third-order valence-electron chi connectivity index (χ3n) is 3.35. The van der Waals surface area contributed by atoms with Crippen LogP contribution >= 0.6 is 11.3 Å². The molecule has 0 aliphatic heterocycles. The van der Waals surface area contributed by atoms with Gasteiger partial charge in [-0.2, -0.15) is 0 Å². The lowest BCUT2D eigenvalue weighted by atomic mass is 10.1. The zero-order chi connectivity index (χ0) is 15.1. The lowest BCUT2D eigenvalue weighted by Gasteiger charge is -2.21. The molecule has 0 aliphatic rings. The Labute approximate surface area is 130 Å². The van der Waals surface area contributed by atoms with E-state index in [1.54, 1.807) is 11.3 Å². The number of hydrogen-bond acceptors (Lipinski definition) is 3. The Morgan fingerprint density at radius 3 is 2.57 bits per heavy atom. The Balaban J connectivity index is 1.95. The lowest BCUT2D eigenvalue weighted by molar-refractivity contribution is -0.118. The predicted octanol–water partition coefficient (Wildman–Crippen LogP) is 4.21. The molecule has 2 unspecified atom stereocenters. The number of amides is 1. The second kappa shape index (κ2) is 7.96. The third kappa shape index (κ3) is 4.69. The van der Waals surface area contributed by atoms with Crippen LogP contribution in [0.4, 0.5) is 5.69 Å². The monoisotopic (exact) mass is 302 g/mol. The molecule has 112 valence electrons.